The number of benzene rings is 3. The first kappa shape index (κ1) is 27.5. The molecule has 0 fully saturated rings. The summed E-state index contributed by atoms with van der Waals surface area (Å²) in [4.78, 5) is 24.0. The van der Waals surface area contributed by atoms with Gasteiger partial charge in [-0.2, -0.15) is 0 Å². The van der Waals surface area contributed by atoms with Crippen molar-refractivity contribution in [1.82, 2.24) is 0 Å². The number of hydrogen-bond acceptors (Lipinski definition) is 6. The molecule has 3 aromatic rings. The number of amides is 1. The van der Waals surface area contributed by atoms with Gasteiger partial charge in [0.2, 0.25) is 0 Å². The number of halogens is 1. The number of rotatable bonds is 12. The molecule has 186 valence electrons. The van der Waals surface area contributed by atoms with Crippen molar-refractivity contribution in [3.8, 4) is 11.5 Å². The van der Waals surface area contributed by atoms with Gasteiger partial charge >= 0.3 is 5.97 Å². The van der Waals surface area contributed by atoms with Crippen LogP contribution in [0.5, 0.6) is 11.5 Å². The molecule has 3 aromatic carbocycles. The maximum absolute atomic E-state index is 12.6. The van der Waals surface area contributed by atoms with Gasteiger partial charge in [0.1, 0.15) is 11.5 Å². The molecule has 35 heavy (non-hydrogen) atoms. The fourth-order valence-corrected chi connectivity index (χ4v) is 3.28. The number of nitrogen functional groups attached to an aromatic ring is 1. The summed E-state index contributed by atoms with van der Waals surface area (Å²) in [5.74, 6) is 0.370. The molecule has 0 saturated heterocycles. The third-order valence-electron chi connectivity index (χ3n) is 5.01. The SMILES string of the molecule is CCOC(=O)COc1ccc(NC(=O)c2ccc(OCCCCc3ccccc3)cc2N)cc1.Cl. The lowest BCUT2D eigenvalue weighted by atomic mass is 10.1. The van der Waals surface area contributed by atoms with Crippen LogP contribution in [0.15, 0.2) is 72.8 Å². The highest BCUT2D eigenvalue weighted by molar-refractivity contribution is 6.07. The molecule has 3 rings (SSSR count). The summed E-state index contributed by atoms with van der Waals surface area (Å²) < 4.78 is 15.9. The third-order valence-corrected chi connectivity index (χ3v) is 5.01. The smallest absolute Gasteiger partial charge is 0.344 e. The Labute approximate surface area is 212 Å². The second-order valence-electron chi connectivity index (χ2n) is 7.61. The number of nitrogens with two attached hydrogens (primary N) is 1. The predicted octanol–water partition coefficient (Wildman–Crippen LogP) is 5.29. The van der Waals surface area contributed by atoms with Gasteiger partial charge in [-0.1, -0.05) is 30.3 Å². The summed E-state index contributed by atoms with van der Waals surface area (Å²) in [7, 11) is 0. The van der Waals surface area contributed by atoms with Crippen molar-refractivity contribution in [3.63, 3.8) is 0 Å². The molecule has 0 aliphatic heterocycles. The summed E-state index contributed by atoms with van der Waals surface area (Å²) in [5.41, 5.74) is 8.69. The van der Waals surface area contributed by atoms with Crippen molar-refractivity contribution >= 4 is 35.7 Å². The molecule has 0 bridgehead atoms. The third kappa shape index (κ3) is 9.22. The number of unbranched alkanes of at least 4 members (excludes halogenated alkanes) is 1. The first-order valence-electron chi connectivity index (χ1n) is 11.3. The first-order chi connectivity index (χ1) is 16.5. The van der Waals surface area contributed by atoms with Gasteiger partial charge in [0.25, 0.3) is 5.91 Å². The summed E-state index contributed by atoms with van der Waals surface area (Å²) >= 11 is 0. The van der Waals surface area contributed by atoms with Crippen LogP contribution < -0.4 is 20.5 Å². The number of nitrogens with one attached hydrogen (secondary N) is 1. The topological polar surface area (TPSA) is 99.9 Å². The lowest BCUT2D eigenvalue weighted by Crippen LogP contribution is -2.15. The first-order valence-corrected chi connectivity index (χ1v) is 11.3. The fraction of sp³-hybridized carbons (Fsp3) is 0.259. The van der Waals surface area contributed by atoms with Crippen LogP contribution in [-0.2, 0) is 16.0 Å². The number of ether oxygens (including phenoxy) is 3. The Bertz CT molecular complexity index is 1070. The van der Waals surface area contributed by atoms with E-state index in [0.29, 0.717) is 41.7 Å². The van der Waals surface area contributed by atoms with Crippen LogP contribution >= 0.6 is 12.4 Å². The zero-order valence-corrected chi connectivity index (χ0v) is 20.5. The van der Waals surface area contributed by atoms with E-state index in [9.17, 15) is 9.59 Å². The molecule has 0 aromatic heterocycles. The Morgan fingerprint density at radius 1 is 0.886 bits per heavy atom. The molecule has 0 saturated carbocycles. The molecule has 0 unspecified atom stereocenters. The van der Waals surface area contributed by atoms with E-state index in [0.717, 1.165) is 19.3 Å². The molecule has 0 aliphatic rings. The van der Waals surface area contributed by atoms with E-state index in [4.69, 9.17) is 19.9 Å². The minimum Gasteiger partial charge on any atom is -0.494 e. The van der Waals surface area contributed by atoms with Gasteiger partial charge in [0.05, 0.1) is 18.8 Å². The van der Waals surface area contributed by atoms with Crippen molar-refractivity contribution in [3.05, 3.63) is 83.9 Å². The molecule has 3 N–H and O–H groups in total. The van der Waals surface area contributed by atoms with Gasteiger partial charge in [0, 0.05) is 17.4 Å². The highest BCUT2D eigenvalue weighted by Crippen LogP contribution is 2.22. The Kier molecular flexibility index (Phi) is 11.4. The zero-order valence-electron chi connectivity index (χ0n) is 19.7. The van der Waals surface area contributed by atoms with Crippen molar-refractivity contribution in [2.45, 2.75) is 26.2 Å². The number of aryl methyl sites for hydroxylation is 1. The monoisotopic (exact) mass is 498 g/mol. The standard InChI is InChI=1S/C27H30N2O5.ClH/c1-2-32-26(30)19-34-22-13-11-21(12-14-22)29-27(31)24-16-15-23(18-25(24)28)33-17-7-6-10-20-8-4-3-5-9-20;/h3-5,8-9,11-16,18H,2,6-7,10,17,19,28H2,1H3,(H,29,31);1H. The molecular weight excluding hydrogens is 468 g/mol. The molecule has 7 nitrogen and oxygen atoms in total. The number of anilines is 2. The van der Waals surface area contributed by atoms with E-state index in [1.165, 1.54) is 5.56 Å². The van der Waals surface area contributed by atoms with Crippen LogP contribution in [-0.4, -0.2) is 31.7 Å². The molecule has 0 spiro atoms. The van der Waals surface area contributed by atoms with E-state index in [-0.39, 0.29) is 24.9 Å². The second kappa shape index (κ2) is 14.5. The van der Waals surface area contributed by atoms with Crippen molar-refractivity contribution in [2.24, 2.45) is 0 Å². The predicted molar refractivity (Wildman–Crippen MR) is 140 cm³/mol. The largest absolute Gasteiger partial charge is 0.494 e. The lowest BCUT2D eigenvalue weighted by Gasteiger charge is -2.11. The summed E-state index contributed by atoms with van der Waals surface area (Å²) in [6, 6.07) is 22.1. The number of carbonyl (C=O) groups excluding carboxylic acids is 2. The van der Waals surface area contributed by atoms with E-state index in [1.54, 1.807) is 49.4 Å². The molecule has 0 aliphatic carbocycles. The molecule has 0 heterocycles. The van der Waals surface area contributed by atoms with Crippen LogP contribution in [0.2, 0.25) is 0 Å². The van der Waals surface area contributed by atoms with E-state index >= 15 is 0 Å². The summed E-state index contributed by atoms with van der Waals surface area (Å²) in [5, 5.41) is 2.80. The quantitative estimate of drug-likeness (QED) is 0.200. The van der Waals surface area contributed by atoms with Crippen LogP contribution in [0.4, 0.5) is 11.4 Å². The highest BCUT2D eigenvalue weighted by Gasteiger charge is 2.12. The van der Waals surface area contributed by atoms with Crippen molar-refractivity contribution in [2.75, 3.05) is 30.9 Å². The van der Waals surface area contributed by atoms with Gasteiger partial charge in [-0.05, 0) is 68.1 Å². The summed E-state index contributed by atoms with van der Waals surface area (Å²) in [6.07, 6.45) is 2.98. The maximum atomic E-state index is 12.6. The minimum atomic E-state index is -0.435. The van der Waals surface area contributed by atoms with Crippen LogP contribution in [0.3, 0.4) is 0 Å². The molecule has 0 radical (unpaired) electrons. The van der Waals surface area contributed by atoms with Gasteiger partial charge < -0.3 is 25.3 Å². The van der Waals surface area contributed by atoms with Crippen LogP contribution in [0, 0.1) is 0 Å². The molecule has 8 heteroatoms. The van der Waals surface area contributed by atoms with E-state index in [1.807, 2.05) is 18.2 Å². The molecule has 1 amide bonds. The van der Waals surface area contributed by atoms with Crippen molar-refractivity contribution in [1.29, 1.82) is 0 Å². The zero-order chi connectivity index (χ0) is 24.2. The second-order valence-corrected chi connectivity index (χ2v) is 7.61. The average molecular weight is 499 g/mol. The Morgan fingerprint density at radius 2 is 1.60 bits per heavy atom. The van der Waals surface area contributed by atoms with Crippen molar-refractivity contribution < 1.29 is 23.8 Å². The summed E-state index contributed by atoms with van der Waals surface area (Å²) in [6.45, 7) is 2.45. The van der Waals surface area contributed by atoms with Gasteiger partial charge in [-0.3, -0.25) is 4.79 Å². The number of esters is 1. The van der Waals surface area contributed by atoms with Gasteiger partial charge in [-0.15, -0.1) is 12.4 Å². The Hall–Kier alpha value is -3.71. The average Bonchev–Trinajstić information content (AvgIpc) is 2.84. The fourth-order valence-electron chi connectivity index (χ4n) is 3.28. The van der Waals surface area contributed by atoms with E-state index < -0.39 is 5.97 Å². The number of carbonyl (C=O) groups is 2. The maximum Gasteiger partial charge on any atom is 0.344 e. The lowest BCUT2D eigenvalue weighted by molar-refractivity contribution is -0.145. The minimum absolute atomic E-state index is 0. The number of hydrogen-bond donors (Lipinski definition) is 2. The van der Waals surface area contributed by atoms with Crippen LogP contribution in [0.1, 0.15) is 35.7 Å². The van der Waals surface area contributed by atoms with Gasteiger partial charge in [-0.25, -0.2) is 4.79 Å². The molecule has 0 atom stereocenters. The van der Waals surface area contributed by atoms with Crippen LogP contribution in [0.25, 0.3) is 0 Å². The van der Waals surface area contributed by atoms with E-state index in [2.05, 4.69) is 17.4 Å². The Morgan fingerprint density at radius 3 is 2.29 bits per heavy atom. The van der Waals surface area contributed by atoms with Gasteiger partial charge in [0.15, 0.2) is 6.61 Å². The molecular formula is C27H31ClN2O5. The Balaban J connectivity index is 0.00000432. The highest BCUT2D eigenvalue weighted by atomic mass is 35.5. The normalized spacial score (nSPS) is 10.1.